The quantitative estimate of drug-likeness (QED) is 0.780. The van der Waals surface area contributed by atoms with Crippen molar-refractivity contribution in [3.8, 4) is 0 Å². The summed E-state index contributed by atoms with van der Waals surface area (Å²) in [5, 5.41) is 6.34. The Morgan fingerprint density at radius 2 is 2.10 bits per heavy atom. The molecule has 0 atom stereocenters. The van der Waals surface area contributed by atoms with Gasteiger partial charge in [-0.05, 0) is 25.5 Å². The molecule has 0 saturated carbocycles. The largest absolute Gasteiger partial charge is 0.354 e. The first-order valence-corrected chi connectivity index (χ1v) is 8.53. The maximum absolute atomic E-state index is 11.9. The van der Waals surface area contributed by atoms with Gasteiger partial charge in [0, 0.05) is 44.2 Å². The van der Waals surface area contributed by atoms with Gasteiger partial charge in [-0.25, -0.2) is 0 Å². The van der Waals surface area contributed by atoms with Crippen LogP contribution in [-0.2, 0) is 4.79 Å². The first-order chi connectivity index (χ1) is 10.1. The highest BCUT2D eigenvalue weighted by molar-refractivity contribution is 8.00. The maximum atomic E-state index is 11.9. The second kappa shape index (κ2) is 8.41. The zero-order valence-corrected chi connectivity index (χ0v) is 13.8. The molecule has 0 aliphatic carbocycles. The van der Waals surface area contributed by atoms with Crippen molar-refractivity contribution in [1.82, 2.24) is 15.5 Å². The Labute approximate surface area is 131 Å². The number of carbonyl (C=O) groups excluding carboxylic acids is 1. The van der Waals surface area contributed by atoms with Crippen molar-refractivity contribution in [1.29, 1.82) is 0 Å². The van der Waals surface area contributed by atoms with Crippen molar-refractivity contribution in [3.63, 3.8) is 0 Å². The summed E-state index contributed by atoms with van der Waals surface area (Å²) >= 11 is 1.62. The van der Waals surface area contributed by atoms with E-state index in [4.69, 9.17) is 0 Å². The van der Waals surface area contributed by atoms with Gasteiger partial charge in [0.25, 0.3) is 0 Å². The molecule has 0 spiro atoms. The topological polar surface area (TPSA) is 44.4 Å². The lowest BCUT2D eigenvalue weighted by Crippen LogP contribution is -2.46. The van der Waals surface area contributed by atoms with Crippen LogP contribution in [0.5, 0.6) is 0 Å². The normalized spacial score (nSPS) is 15.9. The van der Waals surface area contributed by atoms with Crippen LogP contribution < -0.4 is 10.6 Å². The zero-order chi connectivity index (χ0) is 15.1. The number of nitrogens with one attached hydrogen (secondary N) is 2. The zero-order valence-electron chi connectivity index (χ0n) is 12.9. The molecule has 1 heterocycles. The van der Waals surface area contributed by atoms with Gasteiger partial charge in [-0.2, -0.15) is 0 Å². The van der Waals surface area contributed by atoms with Crippen LogP contribution in [0.25, 0.3) is 0 Å². The standard InChI is InChI=1S/C16H25N3OS/c1-13-3-4-14(2)15(11-13)21-12-16(20)18-7-10-19-8-5-17-6-9-19/h3-4,11,17H,5-10,12H2,1-2H3,(H,18,20). The predicted octanol–water partition coefficient (Wildman–Crippen LogP) is 1.42. The van der Waals surface area contributed by atoms with E-state index < -0.39 is 0 Å². The molecular formula is C16H25N3OS. The van der Waals surface area contributed by atoms with Crippen LogP contribution in [0.15, 0.2) is 23.1 Å². The van der Waals surface area contributed by atoms with E-state index in [-0.39, 0.29) is 5.91 Å². The van der Waals surface area contributed by atoms with Gasteiger partial charge in [-0.1, -0.05) is 17.7 Å². The SMILES string of the molecule is Cc1ccc(C)c(SCC(=O)NCCN2CCNCC2)c1. The Balaban J connectivity index is 1.66. The third-order valence-corrected chi connectivity index (χ3v) is 4.82. The molecule has 1 fully saturated rings. The number of hydrogen-bond donors (Lipinski definition) is 2. The molecule has 1 aliphatic heterocycles. The molecular weight excluding hydrogens is 282 g/mol. The Morgan fingerprint density at radius 1 is 1.33 bits per heavy atom. The second-order valence-electron chi connectivity index (χ2n) is 5.50. The summed E-state index contributed by atoms with van der Waals surface area (Å²) in [6.07, 6.45) is 0. The van der Waals surface area contributed by atoms with Crippen molar-refractivity contribution < 1.29 is 4.79 Å². The molecule has 2 rings (SSSR count). The average Bonchev–Trinajstić information content (AvgIpc) is 2.49. The lowest BCUT2D eigenvalue weighted by molar-refractivity contribution is -0.118. The summed E-state index contributed by atoms with van der Waals surface area (Å²) in [6, 6.07) is 6.36. The number of rotatable bonds is 6. The van der Waals surface area contributed by atoms with Crippen LogP contribution in [0.3, 0.4) is 0 Å². The highest BCUT2D eigenvalue weighted by Crippen LogP contribution is 2.23. The molecule has 1 aromatic rings. The molecule has 1 aromatic carbocycles. The highest BCUT2D eigenvalue weighted by Gasteiger charge is 2.10. The summed E-state index contributed by atoms with van der Waals surface area (Å²) in [7, 11) is 0. The van der Waals surface area contributed by atoms with Gasteiger partial charge in [-0.15, -0.1) is 11.8 Å². The molecule has 21 heavy (non-hydrogen) atoms. The predicted molar refractivity (Wildman–Crippen MR) is 89.0 cm³/mol. The van der Waals surface area contributed by atoms with Crippen LogP contribution in [0.2, 0.25) is 0 Å². The van der Waals surface area contributed by atoms with Gasteiger partial charge >= 0.3 is 0 Å². The first kappa shape index (κ1) is 16.3. The van der Waals surface area contributed by atoms with Crippen LogP contribution in [0.1, 0.15) is 11.1 Å². The Kier molecular flexibility index (Phi) is 6.54. The number of thioether (sulfide) groups is 1. The van der Waals surface area contributed by atoms with E-state index >= 15 is 0 Å². The van der Waals surface area contributed by atoms with E-state index in [0.29, 0.717) is 5.75 Å². The number of benzene rings is 1. The van der Waals surface area contributed by atoms with Crippen LogP contribution in [0, 0.1) is 13.8 Å². The number of piperazine rings is 1. The smallest absolute Gasteiger partial charge is 0.230 e. The highest BCUT2D eigenvalue weighted by atomic mass is 32.2. The molecule has 1 aliphatic rings. The van der Waals surface area contributed by atoms with Crippen LogP contribution >= 0.6 is 11.8 Å². The summed E-state index contributed by atoms with van der Waals surface area (Å²) < 4.78 is 0. The molecule has 4 nitrogen and oxygen atoms in total. The number of aryl methyl sites for hydroxylation is 2. The van der Waals surface area contributed by atoms with E-state index in [2.05, 4.69) is 47.6 Å². The number of nitrogens with zero attached hydrogens (tertiary/aromatic N) is 1. The van der Waals surface area contributed by atoms with E-state index in [1.807, 2.05) is 0 Å². The van der Waals surface area contributed by atoms with E-state index in [1.165, 1.54) is 16.0 Å². The van der Waals surface area contributed by atoms with Gasteiger partial charge in [-0.3, -0.25) is 9.69 Å². The molecule has 1 amide bonds. The van der Waals surface area contributed by atoms with E-state index in [0.717, 1.165) is 39.3 Å². The first-order valence-electron chi connectivity index (χ1n) is 7.55. The van der Waals surface area contributed by atoms with Gasteiger partial charge < -0.3 is 10.6 Å². The molecule has 5 heteroatoms. The lowest BCUT2D eigenvalue weighted by Gasteiger charge is -2.27. The fourth-order valence-electron chi connectivity index (χ4n) is 2.35. The minimum atomic E-state index is 0.121. The Hall–Kier alpha value is -1.04. The monoisotopic (exact) mass is 307 g/mol. The number of hydrogen-bond acceptors (Lipinski definition) is 4. The fraction of sp³-hybridized carbons (Fsp3) is 0.562. The summed E-state index contributed by atoms with van der Waals surface area (Å²) in [4.78, 5) is 15.5. The third-order valence-electron chi connectivity index (χ3n) is 3.66. The molecule has 116 valence electrons. The van der Waals surface area contributed by atoms with Crippen molar-refractivity contribution in [3.05, 3.63) is 29.3 Å². The summed E-state index contributed by atoms with van der Waals surface area (Å²) in [6.45, 7) is 10.1. The summed E-state index contributed by atoms with van der Waals surface area (Å²) in [5.41, 5.74) is 2.47. The number of amides is 1. The molecule has 0 radical (unpaired) electrons. The van der Waals surface area contributed by atoms with Crippen molar-refractivity contribution in [2.24, 2.45) is 0 Å². The average molecular weight is 307 g/mol. The second-order valence-corrected chi connectivity index (χ2v) is 6.52. The Bertz CT molecular complexity index is 473. The van der Waals surface area contributed by atoms with Crippen molar-refractivity contribution >= 4 is 17.7 Å². The van der Waals surface area contributed by atoms with Crippen LogP contribution in [-0.4, -0.2) is 55.8 Å². The Morgan fingerprint density at radius 3 is 2.86 bits per heavy atom. The van der Waals surface area contributed by atoms with Crippen molar-refractivity contribution in [2.75, 3.05) is 45.0 Å². The molecule has 0 aromatic heterocycles. The van der Waals surface area contributed by atoms with Crippen molar-refractivity contribution in [2.45, 2.75) is 18.7 Å². The molecule has 0 unspecified atom stereocenters. The molecule has 1 saturated heterocycles. The minimum Gasteiger partial charge on any atom is -0.354 e. The van der Waals surface area contributed by atoms with Gasteiger partial charge in [0.05, 0.1) is 5.75 Å². The van der Waals surface area contributed by atoms with Gasteiger partial charge in [0.15, 0.2) is 0 Å². The van der Waals surface area contributed by atoms with Gasteiger partial charge in [0.1, 0.15) is 0 Å². The maximum Gasteiger partial charge on any atom is 0.230 e. The minimum absolute atomic E-state index is 0.121. The third kappa shape index (κ3) is 5.69. The lowest BCUT2D eigenvalue weighted by atomic mass is 10.2. The number of carbonyl (C=O) groups is 1. The van der Waals surface area contributed by atoms with E-state index in [9.17, 15) is 4.79 Å². The van der Waals surface area contributed by atoms with Gasteiger partial charge in [0.2, 0.25) is 5.91 Å². The molecule has 2 N–H and O–H groups in total. The fourth-order valence-corrected chi connectivity index (χ4v) is 3.30. The van der Waals surface area contributed by atoms with E-state index in [1.54, 1.807) is 11.8 Å². The molecule has 0 bridgehead atoms. The van der Waals surface area contributed by atoms with Crippen LogP contribution in [0.4, 0.5) is 0 Å². The summed E-state index contributed by atoms with van der Waals surface area (Å²) in [5.74, 6) is 0.613.